The molecule has 1 heterocycles. The maximum absolute atomic E-state index is 11.9. The lowest BCUT2D eigenvalue weighted by molar-refractivity contribution is 0.412. The first kappa shape index (κ1) is 10.9. The molecule has 1 aromatic heterocycles. The highest BCUT2D eigenvalue weighted by Gasteiger charge is 2.21. The lowest BCUT2D eigenvalue weighted by atomic mass is 9.83. The third-order valence-corrected chi connectivity index (χ3v) is 1.77. The van der Waals surface area contributed by atoms with E-state index in [-0.39, 0.29) is 6.42 Å². The van der Waals surface area contributed by atoms with E-state index in [9.17, 15) is 12.9 Å². The molecule has 0 aliphatic heterocycles. The minimum Gasteiger partial charge on any atom is -0.495 e. The van der Waals surface area contributed by atoms with E-state index in [1.54, 1.807) is 6.07 Å². The van der Waals surface area contributed by atoms with Crippen LogP contribution in [0.4, 0.5) is 12.9 Å². The predicted octanol–water partition coefficient (Wildman–Crippen LogP) is 2.48. The molecule has 0 unspecified atom stereocenters. The van der Waals surface area contributed by atoms with E-state index in [1.807, 2.05) is 0 Å². The monoisotopic (exact) mass is 204 g/mol. The van der Waals surface area contributed by atoms with Gasteiger partial charge in [-0.2, -0.15) is 0 Å². The van der Waals surface area contributed by atoms with Crippen molar-refractivity contribution >= 4 is 6.98 Å². The van der Waals surface area contributed by atoms with Gasteiger partial charge in [-0.05, 0) is 18.1 Å². The minimum absolute atomic E-state index is 0.0340. The normalized spacial score (nSPS) is 11.4. The Labute approximate surface area is 80.2 Å². The maximum atomic E-state index is 11.9. The fourth-order valence-corrected chi connectivity index (χ4v) is 1.04. The van der Waals surface area contributed by atoms with Crippen molar-refractivity contribution in [3.63, 3.8) is 0 Å². The second-order valence-corrected chi connectivity index (χ2v) is 2.98. The fourth-order valence-electron chi connectivity index (χ4n) is 1.04. The molecule has 0 aliphatic carbocycles. The Bertz CT molecular complexity index is 303. The first-order chi connectivity index (χ1) is 6.51. The molecule has 0 N–H and O–H groups in total. The van der Waals surface area contributed by atoms with Gasteiger partial charge in [-0.1, -0.05) is 6.32 Å². The highest BCUT2D eigenvalue weighted by atomic mass is 19.4. The Hall–Kier alpha value is -1.20. The number of hydrogen-bond donors (Lipinski definition) is 0. The van der Waals surface area contributed by atoms with Crippen molar-refractivity contribution in [3.8, 4) is 5.75 Å². The first-order valence-electron chi connectivity index (χ1n) is 4.20. The van der Waals surface area contributed by atoms with Crippen LogP contribution >= 0.6 is 0 Å². The molecule has 0 saturated heterocycles. The largest absolute Gasteiger partial charge is 0.495 e. The minimum atomic E-state index is -4.71. The van der Waals surface area contributed by atoms with Gasteiger partial charge in [-0.15, -0.1) is 0 Å². The van der Waals surface area contributed by atoms with E-state index in [0.29, 0.717) is 11.3 Å². The summed E-state index contributed by atoms with van der Waals surface area (Å²) in [7, 11) is 1.45. The van der Waals surface area contributed by atoms with Gasteiger partial charge < -0.3 is 17.7 Å². The van der Waals surface area contributed by atoms with Crippen molar-refractivity contribution in [1.29, 1.82) is 0 Å². The number of ether oxygens (including phenoxy) is 1. The van der Waals surface area contributed by atoms with Gasteiger partial charge in [0, 0.05) is 6.20 Å². The lowest BCUT2D eigenvalue weighted by Gasteiger charge is -2.12. The van der Waals surface area contributed by atoms with Crippen LogP contribution in [-0.2, 0) is 6.42 Å². The van der Waals surface area contributed by atoms with Crippen LogP contribution in [0.25, 0.3) is 0 Å². The molecule has 1 aromatic rings. The fraction of sp³-hybridized carbons (Fsp3) is 0.375. The zero-order chi connectivity index (χ0) is 10.6. The predicted molar refractivity (Wildman–Crippen MR) is 48.4 cm³/mol. The molecule has 0 amide bonds. The second kappa shape index (κ2) is 4.35. The Kier molecular flexibility index (Phi) is 3.38. The second-order valence-electron chi connectivity index (χ2n) is 2.98. The molecule has 0 fully saturated rings. The average Bonchev–Trinajstić information content (AvgIpc) is 2.14. The summed E-state index contributed by atoms with van der Waals surface area (Å²) in [5, 5.41) is 0. The van der Waals surface area contributed by atoms with E-state index in [2.05, 4.69) is 4.98 Å². The van der Waals surface area contributed by atoms with Gasteiger partial charge in [0.1, 0.15) is 5.75 Å². The Morgan fingerprint density at radius 3 is 2.64 bits per heavy atom. The summed E-state index contributed by atoms with van der Waals surface area (Å²) in [5.74, 6) is 0.483. The number of aryl methyl sites for hydroxylation is 1. The van der Waals surface area contributed by atoms with Crippen molar-refractivity contribution in [2.45, 2.75) is 12.7 Å². The van der Waals surface area contributed by atoms with Crippen molar-refractivity contribution in [3.05, 3.63) is 24.0 Å². The highest BCUT2D eigenvalue weighted by molar-refractivity contribution is 6.58. The molecular formula is C8H10BF3NO-. The Morgan fingerprint density at radius 1 is 1.36 bits per heavy atom. The Balaban J connectivity index is 2.59. The molecule has 0 aromatic carbocycles. The molecule has 2 nitrogen and oxygen atoms in total. The van der Waals surface area contributed by atoms with Crippen molar-refractivity contribution in [1.82, 2.24) is 4.98 Å². The van der Waals surface area contributed by atoms with E-state index < -0.39 is 13.3 Å². The molecule has 6 heteroatoms. The summed E-state index contributed by atoms with van der Waals surface area (Å²) >= 11 is 0. The summed E-state index contributed by atoms with van der Waals surface area (Å²) < 4.78 is 40.7. The van der Waals surface area contributed by atoms with Crippen LogP contribution in [0.15, 0.2) is 18.5 Å². The topological polar surface area (TPSA) is 22.1 Å². The molecule has 0 bridgehead atoms. The van der Waals surface area contributed by atoms with Gasteiger partial charge in [-0.25, -0.2) is 0 Å². The van der Waals surface area contributed by atoms with Crippen LogP contribution in [0.5, 0.6) is 5.75 Å². The van der Waals surface area contributed by atoms with Gasteiger partial charge >= 0.3 is 6.98 Å². The SMILES string of the molecule is COc1cncc(CC[B-](F)(F)F)c1. The Morgan fingerprint density at radius 2 is 2.07 bits per heavy atom. The van der Waals surface area contributed by atoms with Crippen LogP contribution in [0.3, 0.4) is 0 Å². The third-order valence-electron chi connectivity index (χ3n) is 1.77. The highest BCUT2D eigenvalue weighted by Crippen LogP contribution is 2.19. The van der Waals surface area contributed by atoms with Crippen molar-refractivity contribution in [2.24, 2.45) is 0 Å². The van der Waals surface area contributed by atoms with Crippen LogP contribution in [0, 0.1) is 0 Å². The molecule has 0 spiro atoms. The molecular weight excluding hydrogens is 194 g/mol. The maximum Gasteiger partial charge on any atom is 0.478 e. The van der Waals surface area contributed by atoms with Crippen molar-refractivity contribution in [2.75, 3.05) is 7.11 Å². The number of aromatic nitrogens is 1. The summed E-state index contributed by atoms with van der Waals surface area (Å²) in [6, 6.07) is 1.56. The standard InChI is InChI=1S/C8H10BF3NO/c1-14-8-4-7(5-13-6-8)2-3-9(10,11)12/h4-6H,2-3H2,1H3/q-1. The smallest absolute Gasteiger partial charge is 0.478 e. The quantitative estimate of drug-likeness (QED) is 0.702. The molecule has 1 rings (SSSR count). The first-order valence-corrected chi connectivity index (χ1v) is 4.20. The number of hydrogen-bond acceptors (Lipinski definition) is 2. The number of pyridine rings is 1. The average molecular weight is 204 g/mol. The van der Waals surface area contributed by atoms with Gasteiger partial charge in [0.25, 0.3) is 0 Å². The van der Waals surface area contributed by atoms with Gasteiger partial charge in [0.15, 0.2) is 0 Å². The van der Waals surface area contributed by atoms with Crippen LogP contribution in [0.1, 0.15) is 5.56 Å². The molecule has 0 atom stereocenters. The number of halogens is 3. The van der Waals surface area contributed by atoms with E-state index >= 15 is 0 Å². The van der Waals surface area contributed by atoms with Gasteiger partial charge in [0.2, 0.25) is 0 Å². The van der Waals surface area contributed by atoms with E-state index in [0.717, 1.165) is 0 Å². The van der Waals surface area contributed by atoms with Crippen molar-refractivity contribution < 1.29 is 17.7 Å². The molecule has 0 saturated carbocycles. The van der Waals surface area contributed by atoms with Crippen LogP contribution in [-0.4, -0.2) is 19.1 Å². The molecule has 0 radical (unpaired) electrons. The molecule has 0 aliphatic rings. The summed E-state index contributed by atoms with van der Waals surface area (Å²) in [6.07, 6.45) is 2.08. The van der Waals surface area contributed by atoms with E-state index in [1.165, 1.54) is 19.5 Å². The third kappa shape index (κ3) is 3.68. The number of methoxy groups -OCH3 is 1. The number of rotatable bonds is 4. The zero-order valence-corrected chi connectivity index (χ0v) is 7.71. The van der Waals surface area contributed by atoms with E-state index in [4.69, 9.17) is 4.74 Å². The van der Waals surface area contributed by atoms with Gasteiger partial charge in [-0.3, -0.25) is 4.98 Å². The molecule has 78 valence electrons. The van der Waals surface area contributed by atoms with Crippen LogP contribution in [0.2, 0.25) is 6.32 Å². The zero-order valence-electron chi connectivity index (χ0n) is 7.71. The summed E-state index contributed by atoms with van der Waals surface area (Å²) in [5.41, 5.74) is 0.545. The summed E-state index contributed by atoms with van der Waals surface area (Å²) in [6.45, 7) is -4.71. The lowest BCUT2D eigenvalue weighted by Crippen LogP contribution is -2.15. The molecule has 14 heavy (non-hydrogen) atoms. The van der Waals surface area contributed by atoms with Crippen LogP contribution < -0.4 is 4.74 Å². The van der Waals surface area contributed by atoms with Gasteiger partial charge in [0.05, 0.1) is 13.3 Å². The number of nitrogens with zero attached hydrogens (tertiary/aromatic N) is 1. The summed E-state index contributed by atoms with van der Waals surface area (Å²) in [4.78, 5) is 3.77.